The standard InChI is InChI=1S/C13H15N3O3/c1-2-13(6-3-9-4-7-14-8-5-9)10(17)15-12(19)16-11(13)18/h4-5,7-8H,2-3,6H2,1H3,(H2,15,16,17,18,19)/p+1. The summed E-state index contributed by atoms with van der Waals surface area (Å²) < 4.78 is 0. The van der Waals surface area contributed by atoms with Gasteiger partial charge in [0.25, 0.3) is 0 Å². The minimum absolute atomic E-state index is 0.358. The Kier molecular flexibility index (Phi) is 3.59. The van der Waals surface area contributed by atoms with Gasteiger partial charge in [-0.3, -0.25) is 20.2 Å². The van der Waals surface area contributed by atoms with Gasteiger partial charge in [-0.05, 0) is 24.8 Å². The van der Waals surface area contributed by atoms with E-state index in [9.17, 15) is 14.4 Å². The number of rotatable bonds is 4. The minimum atomic E-state index is -1.16. The van der Waals surface area contributed by atoms with Gasteiger partial charge in [-0.25, -0.2) is 9.78 Å². The number of hydrogen-bond acceptors (Lipinski definition) is 3. The Balaban J connectivity index is 2.16. The minimum Gasteiger partial charge on any atom is -0.277 e. The number of urea groups is 1. The summed E-state index contributed by atoms with van der Waals surface area (Å²) in [4.78, 5) is 38.0. The second-order valence-electron chi connectivity index (χ2n) is 4.58. The first-order valence-corrected chi connectivity index (χ1v) is 6.20. The molecule has 0 unspecified atom stereocenters. The van der Waals surface area contributed by atoms with Crippen molar-refractivity contribution in [2.45, 2.75) is 26.2 Å². The molecule has 0 bridgehead atoms. The molecular weight excluding hydrogens is 246 g/mol. The maximum atomic E-state index is 12.0. The summed E-state index contributed by atoms with van der Waals surface area (Å²) in [6, 6.07) is 3.05. The summed E-state index contributed by atoms with van der Waals surface area (Å²) in [7, 11) is 0. The van der Waals surface area contributed by atoms with E-state index in [2.05, 4.69) is 15.6 Å². The molecular formula is C13H16N3O3+. The number of pyridine rings is 1. The van der Waals surface area contributed by atoms with E-state index >= 15 is 0 Å². The number of carbonyl (C=O) groups excluding carboxylic acids is 3. The number of carbonyl (C=O) groups is 3. The molecule has 1 aliphatic rings. The average Bonchev–Trinajstić information content (AvgIpc) is 2.39. The van der Waals surface area contributed by atoms with E-state index in [0.29, 0.717) is 19.3 Å². The van der Waals surface area contributed by atoms with Crippen LogP contribution in [0.4, 0.5) is 4.79 Å². The lowest BCUT2D eigenvalue weighted by molar-refractivity contribution is -0.378. The smallest absolute Gasteiger partial charge is 0.277 e. The second kappa shape index (κ2) is 5.17. The zero-order chi connectivity index (χ0) is 13.9. The van der Waals surface area contributed by atoms with Gasteiger partial charge in [0.05, 0.1) is 0 Å². The van der Waals surface area contributed by atoms with Crippen LogP contribution in [-0.2, 0) is 16.0 Å². The van der Waals surface area contributed by atoms with Crippen molar-refractivity contribution in [1.29, 1.82) is 0 Å². The molecule has 0 radical (unpaired) electrons. The Morgan fingerprint density at radius 1 is 1.11 bits per heavy atom. The molecule has 1 aromatic heterocycles. The highest BCUT2D eigenvalue weighted by Crippen LogP contribution is 2.30. The molecule has 3 N–H and O–H groups in total. The molecule has 4 amide bonds. The van der Waals surface area contributed by atoms with Crippen molar-refractivity contribution in [1.82, 2.24) is 10.6 Å². The summed E-state index contributed by atoms with van der Waals surface area (Å²) in [6.45, 7) is 1.77. The van der Waals surface area contributed by atoms with E-state index in [-0.39, 0.29) is 0 Å². The first kappa shape index (κ1) is 13.2. The largest absolute Gasteiger partial charge is 0.328 e. The molecule has 2 rings (SSSR count). The zero-order valence-corrected chi connectivity index (χ0v) is 10.7. The SMILES string of the molecule is CCC1(CCc2cc[nH+]cc2)C(=O)NC(=O)NC1=O. The van der Waals surface area contributed by atoms with Gasteiger partial charge in [-0.1, -0.05) is 6.92 Å². The molecule has 2 heterocycles. The quantitative estimate of drug-likeness (QED) is 0.759. The van der Waals surface area contributed by atoms with E-state index in [4.69, 9.17) is 0 Å². The topological polar surface area (TPSA) is 89.4 Å². The van der Waals surface area contributed by atoms with E-state index in [1.54, 1.807) is 19.3 Å². The number of imide groups is 2. The molecule has 0 aliphatic carbocycles. The number of aryl methyl sites for hydroxylation is 1. The number of aromatic amines is 1. The predicted molar refractivity (Wildman–Crippen MR) is 65.7 cm³/mol. The van der Waals surface area contributed by atoms with Crippen LogP contribution in [0.5, 0.6) is 0 Å². The molecule has 6 nitrogen and oxygen atoms in total. The zero-order valence-electron chi connectivity index (χ0n) is 10.7. The molecule has 0 aromatic carbocycles. The summed E-state index contributed by atoms with van der Waals surface area (Å²) >= 11 is 0. The lowest BCUT2D eigenvalue weighted by Crippen LogP contribution is -2.62. The molecule has 0 atom stereocenters. The monoisotopic (exact) mass is 262 g/mol. The molecule has 6 heteroatoms. The van der Waals surface area contributed by atoms with Gasteiger partial charge in [-0.2, -0.15) is 0 Å². The number of hydrogen-bond donors (Lipinski definition) is 2. The fourth-order valence-electron chi connectivity index (χ4n) is 2.25. The van der Waals surface area contributed by atoms with Gasteiger partial charge in [0.15, 0.2) is 12.4 Å². The fourth-order valence-corrected chi connectivity index (χ4v) is 2.25. The van der Waals surface area contributed by atoms with Gasteiger partial charge in [-0.15, -0.1) is 0 Å². The Morgan fingerprint density at radius 2 is 1.68 bits per heavy atom. The average molecular weight is 262 g/mol. The van der Waals surface area contributed by atoms with E-state index < -0.39 is 23.3 Å². The van der Waals surface area contributed by atoms with E-state index in [0.717, 1.165) is 5.56 Å². The van der Waals surface area contributed by atoms with Crippen LogP contribution in [0.15, 0.2) is 24.5 Å². The number of H-pyrrole nitrogens is 1. The van der Waals surface area contributed by atoms with Gasteiger partial charge >= 0.3 is 6.03 Å². The van der Waals surface area contributed by atoms with E-state index in [1.165, 1.54) is 0 Å². The van der Waals surface area contributed by atoms with Crippen LogP contribution in [0.2, 0.25) is 0 Å². The molecule has 100 valence electrons. The Hall–Kier alpha value is -2.24. The number of amides is 4. The van der Waals surface area contributed by atoms with E-state index in [1.807, 2.05) is 12.1 Å². The Labute approximate surface area is 110 Å². The molecule has 19 heavy (non-hydrogen) atoms. The third-order valence-electron chi connectivity index (χ3n) is 3.55. The number of aromatic nitrogens is 1. The van der Waals surface area contributed by atoms with Crippen molar-refractivity contribution in [2.24, 2.45) is 5.41 Å². The van der Waals surface area contributed by atoms with Crippen molar-refractivity contribution in [3.05, 3.63) is 30.1 Å². The van der Waals surface area contributed by atoms with Crippen LogP contribution in [0.25, 0.3) is 0 Å². The van der Waals surface area contributed by atoms with Crippen molar-refractivity contribution >= 4 is 17.8 Å². The highest BCUT2D eigenvalue weighted by molar-refractivity contribution is 6.19. The fraction of sp³-hybridized carbons (Fsp3) is 0.385. The molecule has 1 fully saturated rings. The third kappa shape index (κ3) is 2.47. The maximum absolute atomic E-state index is 12.0. The Morgan fingerprint density at radius 3 is 2.21 bits per heavy atom. The van der Waals surface area contributed by atoms with Crippen LogP contribution < -0.4 is 15.6 Å². The maximum Gasteiger partial charge on any atom is 0.328 e. The summed E-state index contributed by atoms with van der Waals surface area (Å²) in [6.07, 6.45) is 4.91. The second-order valence-corrected chi connectivity index (χ2v) is 4.58. The lowest BCUT2D eigenvalue weighted by atomic mass is 9.77. The van der Waals surface area contributed by atoms with Crippen LogP contribution >= 0.6 is 0 Å². The highest BCUT2D eigenvalue weighted by Gasteiger charge is 2.48. The first-order valence-electron chi connectivity index (χ1n) is 6.20. The summed E-state index contributed by atoms with van der Waals surface area (Å²) in [5.41, 5.74) is -0.128. The van der Waals surface area contributed by atoms with Crippen LogP contribution in [0, 0.1) is 5.41 Å². The summed E-state index contributed by atoms with van der Waals surface area (Å²) in [5.74, 6) is -1.02. The third-order valence-corrected chi connectivity index (χ3v) is 3.55. The summed E-state index contributed by atoms with van der Waals surface area (Å²) in [5, 5.41) is 4.34. The normalized spacial score (nSPS) is 17.8. The molecule has 1 aromatic rings. The van der Waals surface area contributed by atoms with Gasteiger partial charge in [0, 0.05) is 12.1 Å². The van der Waals surface area contributed by atoms with Gasteiger partial charge < -0.3 is 0 Å². The predicted octanol–water partition coefficient (Wildman–Crippen LogP) is 0.196. The first-order chi connectivity index (χ1) is 9.08. The van der Waals surface area contributed by atoms with Crippen molar-refractivity contribution in [3.63, 3.8) is 0 Å². The van der Waals surface area contributed by atoms with Crippen molar-refractivity contribution in [3.8, 4) is 0 Å². The van der Waals surface area contributed by atoms with Crippen molar-refractivity contribution in [2.75, 3.05) is 0 Å². The molecule has 0 saturated carbocycles. The number of nitrogens with one attached hydrogen (secondary N) is 3. The van der Waals surface area contributed by atoms with Crippen LogP contribution in [0.3, 0.4) is 0 Å². The number of barbiturate groups is 1. The van der Waals surface area contributed by atoms with Gasteiger partial charge in [0.1, 0.15) is 5.41 Å². The molecule has 1 aliphatic heterocycles. The van der Waals surface area contributed by atoms with Crippen LogP contribution in [-0.4, -0.2) is 17.8 Å². The van der Waals surface area contributed by atoms with Crippen LogP contribution in [0.1, 0.15) is 25.3 Å². The highest BCUT2D eigenvalue weighted by atomic mass is 16.2. The lowest BCUT2D eigenvalue weighted by Gasteiger charge is -2.32. The molecule has 0 spiro atoms. The van der Waals surface area contributed by atoms with Gasteiger partial charge in [0.2, 0.25) is 11.8 Å². The Bertz CT molecular complexity index is 493. The molecule has 1 saturated heterocycles. The van der Waals surface area contributed by atoms with Crippen molar-refractivity contribution < 1.29 is 19.4 Å².